The predicted molar refractivity (Wildman–Crippen MR) is 88.0 cm³/mol. The lowest BCUT2D eigenvalue weighted by atomic mass is 9.93. The van der Waals surface area contributed by atoms with Gasteiger partial charge in [0.2, 0.25) is 6.29 Å². The van der Waals surface area contributed by atoms with Gasteiger partial charge in [-0.2, -0.15) is 0 Å². The average Bonchev–Trinajstić information content (AvgIpc) is 2.87. The molecule has 0 aromatic rings. The number of amides is 2. The number of hydrogen-bond donors (Lipinski definition) is 0. The molecule has 3 aliphatic rings. The van der Waals surface area contributed by atoms with Crippen LogP contribution in [-0.4, -0.2) is 41.5 Å². The molecule has 1 heterocycles. The minimum atomic E-state index is -1.97. The van der Waals surface area contributed by atoms with Crippen molar-refractivity contribution < 1.29 is 23.6 Å². The van der Waals surface area contributed by atoms with Crippen molar-refractivity contribution in [3.05, 3.63) is 33.5 Å². The highest BCUT2D eigenvalue weighted by Crippen LogP contribution is 2.38. The monoisotopic (exact) mass is 365 g/mol. The average molecular weight is 366 g/mol. The van der Waals surface area contributed by atoms with Gasteiger partial charge in [-0.25, -0.2) is 9.29 Å². The summed E-state index contributed by atoms with van der Waals surface area (Å²) in [7, 11) is 0. The number of rotatable bonds is 4. The fourth-order valence-corrected chi connectivity index (χ4v) is 3.34. The summed E-state index contributed by atoms with van der Waals surface area (Å²) in [4.78, 5) is 42.0. The van der Waals surface area contributed by atoms with Crippen molar-refractivity contribution in [3.8, 4) is 0 Å². The second-order valence-corrected chi connectivity index (χ2v) is 6.14. The zero-order valence-corrected chi connectivity index (χ0v) is 14.2. The maximum absolute atomic E-state index is 15.0. The molecule has 1 unspecified atom stereocenters. The number of oxime groups is 1. The zero-order chi connectivity index (χ0) is 18.1. The van der Waals surface area contributed by atoms with Gasteiger partial charge in [-0.05, 0) is 38.7 Å². The Morgan fingerprint density at radius 3 is 2.44 bits per heavy atom. The van der Waals surface area contributed by atoms with Crippen LogP contribution in [0.2, 0.25) is 0 Å². The lowest BCUT2D eigenvalue weighted by molar-refractivity contribution is -0.135. The van der Waals surface area contributed by atoms with Crippen molar-refractivity contribution in [2.75, 3.05) is 6.61 Å². The lowest BCUT2D eigenvalue weighted by Gasteiger charge is -2.25. The summed E-state index contributed by atoms with van der Waals surface area (Å²) >= 11 is 5.97. The van der Waals surface area contributed by atoms with E-state index in [0.717, 1.165) is 23.8 Å². The molecule has 0 spiro atoms. The van der Waals surface area contributed by atoms with Crippen LogP contribution >= 0.6 is 11.6 Å². The summed E-state index contributed by atoms with van der Waals surface area (Å²) in [6.45, 7) is 1.81. The Hall–Kier alpha value is -2.28. The van der Waals surface area contributed by atoms with Crippen molar-refractivity contribution in [1.29, 1.82) is 0 Å². The van der Waals surface area contributed by atoms with E-state index in [1.165, 1.54) is 0 Å². The highest BCUT2D eigenvalue weighted by atomic mass is 35.5. The van der Waals surface area contributed by atoms with Gasteiger partial charge in [-0.1, -0.05) is 16.8 Å². The summed E-state index contributed by atoms with van der Waals surface area (Å²) in [5.74, 6) is -1.10. The Morgan fingerprint density at radius 1 is 1.32 bits per heavy atom. The van der Waals surface area contributed by atoms with E-state index in [0.29, 0.717) is 24.0 Å². The van der Waals surface area contributed by atoms with Crippen molar-refractivity contribution in [2.45, 2.75) is 38.8 Å². The first kappa shape index (κ1) is 17.5. The van der Waals surface area contributed by atoms with Crippen molar-refractivity contribution >= 4 is 35.4 Å². The van der Waals surface area contributed by atoms with Crippen LogP contribution in [0, 0.1) is 0 Å². The van der Waals surface area contributed by atoms with Gasteiger partial charge in [0.05, 0.1) is 10.7 Å². The minimum absolute atomic E-state index is 0.164. The SMILES string of the molecule is CCON=C1C(Cl)=C([C]=O)C=C(N2C(=O)C3=C(CCCC3)C2=O)C1F. The van der Waals surface area contributed by atoms with Gasteiger partial charge in [-0.15, -0.1) is 0 Å². The molecule has 0 aromatic heterocycles. The Kier molecular flexibility index (Phi) is 4.85. The molecule has 2 aliphatic carbocycles. The highest BCUT2D eigenvalue weighted by Gasteiger charge is 2.45. The number of halogens is 2. The first-order valence-electron chi connectivity index (χ1n) is 7.95. The van der Waals surface area contributed by atoms with Gasteiger partial charge >= 0.3 is 0 Å². The smallest absolute Gasteiger partial charge is 0.261 e. The molecule has 0 saturated carbocycles. The van der Waals surface area contributed by atoms with Crippen LogP contribution in [0.15, 0.2) is 38.7 Å². The fourth-order valence-electron chi connectivity index (χ4n) is 3.12. The van der Waals surface area contributed by atoms with E-state index in [-0.39, 0.29) is 28.6 Å². The van der Waals surface area contributed by atoms with Gasteiger partial charge in [0, 0.05) is 16.7 Å². The molecule has 8 heteroatoms. The molecule has 2 amide bonds. The summed E-state index contributed by atoms with van der Waals surface area (Å²) < 4.78 is 15.0. The van der Waals surface area contributed by atoms with Gasteiger partial charge < -0.3 is 4.84 Å². The van der Waals surface area contributed by atoms with E-state index in [4.69, 9.17) is 16.4 Å². The number of imide groups is 1. The van der Waals surface area contributed by atoms with E-state index in [9.17, 15) is 18.8 Å². The second kappa shape index (κ2) is 6.92. The molecular formula is C17H15ClFN2O4. The van der Waals surface area contributed by atoms with Crippen LogP contribution in [0.4, 0.5) is 4.39 Å². The van der Waals surface area contributed by atoms with Crippen LogP contribution in [0.25, 0.3) is 0 Å². The number of carbonyl (C=O) groups is 2. The first-order valence-corrected chi connectivity index (χ1v) is 8.33. The van der Waals surface area contributed by atoms with Crippen molar-refractivity contribution in [1.82, 2.24) is 4.90 Å². The summed E-state index contributed by atoms with van der Waals surface area (Å²) in [5, 5.41) is 3.34. The standard InChI is InChI=1S/C17H15ClFN2O4/c1-2-25-20-15-13(18)9(8-22)7-12(14(15)19)21-16(23)10-5-3-4-6-11(10)17(21)24/h7,14H,2-6H2,1H3. The molecule has 0 bridgehead atoms. The van der Waals surface area contributed by atoms with E-state index < -0.39 is 18.0 Å². The van der Waals surface area contributed by atoms with E-state index in [1.807, 2.05) is 0 Å². The third-order valence-corrected chi connectivity index (χ3v) is 4.70. The molecule has 0 aromatic carbocycles. The number of carbonyl (C=O) groups excluding carboxylic acids is 3. The summed E-state index contributed by atoms with van der Waals surface area (Å²) in [6, 6.07) is 0. The molecule has 6 nitrogen and oxygen atoms in total. The third kappa shape index (κ3) is 2.82. The van der Waals surface area contributed by atoms with Gasteiger partial charge in [0.15, 0.2) is 6.17 Å². The van der Waals surface area contributed by atoms with E-state index in [2.05, 4.69) is 5.16 Å². The lowest BCUT2D eigenvalue weighted by Crippen LogP contribution is -2.39. The number of nitrogens with zero attached hydrogens (tertiary/aromatic N) is 2. The van der Waals surface area contributed by atoms with Gasteiger partial charge in [0.25, 0.3) is 11.8 Å². The Morgan fingerprint density at radius 2 is 1.92 bits per heavy atom. The number of alkyl halides is 1. The van der Waals surface area contributed by atoms with Gasteiger partial charge in [-0.3, -0.25) is 14.4 Å². The highest BCUT2D eigenvalue weighted by molar-refractivity contribution is 6.46. The van der Waals surface area contributed by atoms with Crippen LogP contribution in [0.3, 0.4) is 0 Å². The van der Waals surface area contributed by atoms with Gasteiger partial charge in [0.1, 0.15) is 12.3 Å². The first-order chi connectivity index (χ1) is 12.0. The molecule has 3 rings (SSSR count). The predicted octanol–water partition coefficient (Wildman–Crippen LogP) is 2.46. The molecule has 131 valence electrons. The van der Waals surface area contributed by atoms with Crippen LogP contribution in [0.1, 0.15) is 32.6 Å². The molecular weight excluding hydrogens is 351 g/mol. The molecule has 0 fully saturated rings. The molecule has 1 atom stereocenters. The summed E-state index contributed by atoms with van der Waals surface area (Å²) in [6.07, 6.45) is 3.27. The normalized spacial score (nSPS) is 25.6. The topological polar surface area (TPSA) is 76.0 Å². The number of hydrogen-bond acceptors (Lipinski definition) is 5. The van der Waals surface area contributed by atoms with Crippen molar-refractivity contribution in [3.63, 3.8) is 0 Å². The number of allylic oxidation sites excluding steroid dienone is 4. The van der Waals surface area contributed by atoms with E-state index >= 15 is 0 Å². The maximum Gasteiger partial charge on any atom is 0.261 e. The largest absolute Gasteiger partial charge is 0.396 e. The Balaban J connectivity index is 2.03. The Bertz CT molecular complexity index is 754. The van der Waals surface area contributed by atoms with Crippen LogP contribution in [0.5, 0.6) is 0 Å². The Labute approximate surface area is 148 Å². The quantitative estimate of drug-likeness (QED) is 0.566. The summed E-state index contributed by atoms with van der Waals surface area (Å²) in [5.41, 5.74) is 0.0137. The van der Waals surface area contributed by atoms with Crippen LogP contribution < -0.4 is 0 Å². The molecule has 0 N–H and O–H groups in total. The maximum atomic E-state index is 15.0. The minimum Gasteiger partial charge on any atom is -0.396 e. The van der Waals surface area contributed by atoms with Crippen molar-refractivity contribution in [2.24, 2.45) is 5.16 Å². The molecule has 0 saturated heterocycles. The van der Waals surface area contributed by atoms with E-state index in [1.54, 1.807) is 13.2 Å². The van der Waals surface area contributed by atoms with Crippen LogP contribution in [-0.2, 0) is 19.2 Å². The molecule has 25 heavy (non-hydrogen) atoms. The molecule has 1 aliphatic heterocycles. The fraction of sp³-hybridized carbons (Fsp3) is 0.412. The zero-order valence-electron chi connectivity index (χ0n) is 13.5. The second-order valence-electron chi connectivity index (χ2n) is 5.77. The molecule has 1 radical (unpaired) electrons. The third-order valence-electron chi connectivity index (χ3n) is 4.30.